The van der Waals surface area contributed by atoms with Crippen LogP contribution in [0.15, 0.2) is 18.2 Å². The van der Waals surface area contributed by atoms with Crippen LogP contribution in [0.2, 0.25) is 0 Å². The number of nitrogens with one attached hydrogen (secondary N) is 1. The van der Waals surface area contributed by atoms with Gasteiger partial charge in [0, 0.05) is 25.4 Å². The minimum absolute atomic E-state index is 0.173. The molecular formula is C21H28FN3O2. The van der Waals surface area contributed by atoms with Crippen LogP contribution in [0.25, 0.3) is 11.0 Å². The van der Waals surface area contributed by atoms with E-state index in [2.05, 4.69) is 14.9 Å². The number of nitrogens with zero attached hydrogens (tertiary/aromatic N) is 2. The van der Waals surface area contributed by atoms with Crippen LogP contribution in [0, 0.1) is 17.7 Å². The zero-order chi connectivity index (χ0) is 18.8. The van der Waals surface area contributed by atoms with E-state index in [0.29, 0.717) is 11.6 Å². The van der Waals surface area contributed by atoms with Crippen LogP contribution in [-0.2, 0) is 11.2 Å². The number of aliphatic carboxylic acids is 1. The molecule has 146 valence electrons. The summed E-state index contributed by atoms with van der Waals surface area (Å²) in [4.78, 5) is 21.8. The lowest BCUT2D eigenvalue weighted by atomic mass is 9.79. The number of carboxylic acid groups (broad SMARTS) is 1. The Morgan fingerprint density at radius 3 is 2.81 bits per heavy atom. The lowest BCUT2D eigenvalue weighted by molar-refractivity contribution is -0.139. The van der Waals surface area contributed by atoms with Crippen LogP contribution in [0.1, 0.15) is 50.8 Å². The van der Waals surface area contributed by atoms with Crippen molar-refractivity contribution in [2.45, 2.75) is 57.4 Å². The van der Waals surface area contributed by atoms with Crippen molar-refractivity contribution in [2.24, 2.45) is 11.8 Å². The van der Waals surface area contributed by atoms with Crippen LogP contribution in [0.4, 0.5) is 4.39 Å². The minimum atomic E-state index is -0.720. The zero-order valence-electron chi connectivity index (χ0n) is 15.7. The highest BCUT2D eigenvalue weighted by molar-refractivity contribution is 5.74. The topological polar surface area (TPSA) is 69.2 Å². The first kappa shape index (κ1) is 18.4. The van der Waals surface area contributed by atoms with Gasteiger partial charge in [-0.15, -0.1) is 0 Å². The van der Waals surface area contributed by atoms with Crippen molar-refractivity contribution in [3.05, 3.63) is 29.8 Å². The van der Waals surface area contributed by atoms with Gasteiger partial charge in [-0.05, 0) is 55.8 Å². The van der Waals surface area contributed by atoms with Gasteiger partial charge < -0.3 is 15.0 Å². The number of likely N-dealkylation sites (tertiary alicyclic amines) is 1. The third-order valence-electron chi connectivity index (χ3n) is 6.40. The maximum atomic E-state index is 13.4. The number of aromatic nitrogens is 2. The molecular weight excluding hydrogens is 345 g/mol. The molecule has 2 heterocycles. The average molecular weight is 373 g/mol. The molecule has 0 amide bonds. The number of imidazole rings is 1. The number of piperidine rings is 1. The van der Waals surface area contributed by atoms with E-state index in [1.165, 1.54) is 44.2 Å². The maximum Gasteiger partial charge on any atom is 0.303 e. The lowest BCUT2D eigenvalue weighted by Gasteiger charge is -2.43. The molecule has 27 heavy (non-hydrogen) atoms. The summed E-state index contributed by atoms with van der Waals surface area (Å²) in [6.45, 7) is 1.94. The second-order valence-electron chi connectivity index (χ2n) is 8.24. The SMILES string of the molecule is O=C(O)C[C@@H]1CCN(C2CCCCC2)C[C@@H]1Cc1nc2ccc(F)cc2[nH]1. The molecule has 2 aromatic rings. The van der Waals surface area contributed by atoms with Crippen molar-refractivity contribution in [3.8, 4) is 0 Å². The lowest BCUT2D eigenvalue weighted by Crippen LogP contribution is -2.47. The molecule has 6 heteroatoms. The fourth-order valence-corrected chi connectivity index (χ4v) is 4.99. The predicted molar refractivity (Wildman–Crippen MR) is 102 cm³/mol. The fourth-order valence-electron chi connectivity index (χ4n) is 4.99. The molecule has 2 fully saturated rings. The molecule has 1 aliphatic carbocycles. The Balaban J connectivity index is 1.51. The van der Waals surface area contributed by atoms with Gasteiger partial charge in [-0.1, -0.05) is 19.3 Å². The van der Waals surface area contributed by atoms with Crippen molar-refractivity contribution in [1.82, 2.24) is 14.9 Å². The number of halogens is 1. The molecule has 0 bridgehead atoms. The largest absolute Gasteiger partial charge is 0.481 e. The van der Waals surface area contributed by atoms with E-state index >= 15 is 0 Å². The summed E-state index contributed by atoms with van der Waals surface area (Å²) in [7, 11) is 0. The number of carbonyl (C=O) groups is 1. The van der Waals surface area contributed by atoms with Gasteiger partial charge in [0.25, 0.3) is 0 Å². The summed E-state index contributed by atoms with van der Waals surface area (Å²) in [5.74, 6) is 0.279. The molecule has 2 atom stereocenters. The molecule has 0 spiro atoms. The Bertz CT molecular complexity index is 800. The zero-order valence-corrected chi connectivity index (χ0v) is 15.7. The molecule has 0 radical (unpaired) electrons. The van der Waals surface area contributed by atoms with E-state index < -0.39 is 5.97 Å². The molecule has 1 aliphatic heterocycles. The molecule has 0 unspecified atom stereocenters. The first-order valence-electron chi connectivity index (χ1n) is 10.2. The van der Waals surface area contributed by atoms with Crippen LogP contribution in [-0.4, -0.2) is 45.1 Å². The van der Waals surface area contributed by atoms with Gasteiger partial charge in [0.05, 0.1) is 11.0 Å². The summed E-state index contributed by atoms with van der Waals surface area (Å²) in [5, 5.41) is 9.33. The summed E-state index contributed by atoms with van der Waals surface area (Å²) in [5.41, 5.74) is 1.47. The molecule has 1 aromatic heterocycles. The maximum absolute atomic E-state index is 13.4. The number of rotatable bonds is 5. The number of hydrogen-bond donors (Lipinski definition) is 2. The quantitative estimate of drug-likeness (QED) is 0.831. The van der Waals surface area contributed by atoms with Crippen molar-refractivity contribution in [2.75, 3.05) is 13.1 Å². The first-order chi connectivity index (χ1) is 13.1. The number of hydrogen-bond acceptors (Lipinski definition) is 3. The van der Waals surface area contributed by atoms with Gasteiger partial charge in [-0.3, -0.25) is 4.79 Å². The Kier molecular flexibility index (Phi) is 5.43. The second kappa shape index (κ2) is 7.97. The Morgan fingerprint density at radius 2 is 2.04 bits per heavy atom. The third-order valence-corrected chi connectivity index (χ3v) is 6.40. The van der Waals surface area contributed by atoms with Gasteiger partial charge >= 0.3 is 5.97 Å². The van der Waals surface area contributed by atoms with E-state index in [9.17, 15) is 14.3 Å². The van der Waals surface area contributed by atoms with E-state index in [0.717, 1.165) is 37.3 Å². The van der Waals surface area contributed by atoms with Gasteiger partial charge in [0.1, 0.15) is 11.6 Å². The Hall–Kier alpha value is -1.95. The fraction of sp³-hybridized carbons (Fsp3) is 0.619. The van der Waals surface area contributed by atoms with E-state index in [-0.39, 0.29) is 24.1 Å². The molecule has 1 aromatic carbocycles. The Labute approximate surface area is 159 Å². The standard InChI is InChI=1S/C21H28FN3O2/c22-16-6-7-18-19(12-16)24-20(23-18)10-15-13-25(17-4-2-1-3-5-17)9-8-14(15)11-21(26)27/h6-7,12,14-15,17H,1-5,8-11,13H2,(H,23,24)(H,26,27)/t14-,15-/m0/s1. The normalized spacial score (nSPS) is 25.1. The second-order valence-corrected chi connectivity index (χ2v) is 8.24. The van der Waals surface area contributed by atoms with Crippen LogP contribution in [0.3, 0.4) is 0 Å². The number of H-pyrrole nitrogens is 1. The van der Waals surface area contributed by atoms with Crippen molar-refractivity contribution in [3.63, 3.8) is 0 Å². The van der Waals surface area contributed by atoms with Crippen molar-refractivity contribution < 1.29 is 14.3 Å². The van der Waals surface area contributed by atoms with Gasteiger partial charge in [0.15, 0.2) is 0 Å². The molecule has 2 N–H and O–H groups in total. The number of aromatic amines is 1. The summed E-state index contributed by atoms with van der Waals surface area (Å²) < 4.78 is 13.4. The monoisotopic (exact) mass is 373 g/mol. The summed E-state index contributed by atoms with van der Waals surface area (Å²) in [6, 6.07) is 5.23. The number of carboxylic acids is 1. The van der Waals surface area contributed by atoms with Crippen molar-refractivity contribution in [1.29, 1.82) is 0 Å². The van der Waals surface area contributed by atoms with Gasteiger partial charge in [-0.2, -0.15) is 0 Å². The highest BCUT2D eigenvalue weighted by Crippen LogP contribution is 2.33. The Morgan fingerprint density at radius 1 is 1.22 bits per heavy atom. The van der Waals surface area contributed by atoms with E-state index in [4.69, 9.17) is 0 Å². The van der Waals surface area contributed by atoms with Crippen molar-refractivity contribution >= 4 is 17.0 Å². The summed E-state index contributed by atoms with van der Waals surface area (Å²) >= 11 is 0. The highest BCUT2D eigenvalue weighted by atomic mass is 19.1. The molecule has 5 nitrogen and oxygen atoms in total. The minimum Gasteiger partial charge on any atom is -0.481 e. The van der Waals surface area contributed by atoms with Crippen LogP contribution >= 0.6 is 0 Å². The molecule has 1 saturated carbocycles. The van der Waals surface area contributed by atoms with E-state index in [1.54, 1.807) is 6.07 Å². The van der Waals surface area contributed by atoms with Gasteiger partial charge in [-0.25, -0.2) is 9.37 Å². The number of benzene rings is 1. The molecule has 4 rings (SSSR count). The average Bonchev–Trinajstić information content (AvgIpc) is 3.05. The molecule has 1 saturated heterocycles. The number of fused-ring (bicyclic) bond motifs is 1. The van der Waals surface area contributed by atoms with E-state index in [1.807, 2.05) is 0 Å². The smallest absolute Gasteiger partial charge is 0.303 e. The first-order valence-corrected chi connectivity index (χ1v) is 10.2. The predicted octanol–water partition coefficient (Wildman–Crippen LogP) is 3.99. The highest BCUT2D eigenvalue weighted by Gasteiger charge is 2.34. The van der Waals surface area contributed by atoms with Crippen LogP contribution in [0.5, 0.6) is 0 Å². The van der Waals surface area contributed by atoms with Crippen LogP contribution < -0.4 is 0 Å². The molecule has 2 aliphatic rings. The summed E-state index contributed by atoms with van der Waals surface area (Å²) in [6.07, 6.45) is 8.35. The van der Waals surface area contributed by atoms with Gasteiger partial charge in [0.2, 0.25) is 0 Å². The third kappa shape index (κ3) is 4.32.